The van der Waals surface area contributed by atoms with E-state index in [4.69, 9.17) is 27.9 Å². The van der Waals surface area contributed by atoms with Gasteiger partial charge in [-0.15, -0.1) is 0 Å². The van der Waals surface area contributed by atoms with Gasteiger partial charge in [-0.3, -0.25) is 9.59 Å². The van der Waals surface area contributed by atoms with E-state index in [9.17, 15) is 14.0 Å². The summed E-state index contributed by atoms with van der Waals surface area (Å²) in [5.41, 5.74) is 0.320. The topological polar surface area (TPSA) is 43.4 Å². The summed E-state index contributed by atoms with van der Waals surface area (Å²) in [6.45, 7) is 0. The summed E-state index contributed by atoms with van der Waals surface area (Å²) in [4.78, 5) is 20.6. The van der Waals surface area contributed by atoms with Gasteiger partial charge in [-0.1, -0.05) is 35.3 Å². The molecule has 0 aromatic heterocycles. The number of halogens is 3. The summed E-state index contributed by atoms with van der Waals surface area (Å²) in [6.07, 6.45) is 1.08. The van der Waals surface area contributed by atoms with E-state index in [-0.39, 0.29) is 10.6 Å². The molecule has 0 N–H and O–H groups in total. The van der Waals surface area contributed by atoms with Crippen LogP contribution in [0.4, 0.5) is 4.39 Å². The fraction of sp³-hybridized carbons (Fsp3) is 0.0667. The monoisotopic (exact) mass is 328 g/mol. The van der Waals surface area contributed by atoms with Crippen LogP contribution in [0.15, 0.2) is 36.4 Å². The molecule has 0 aliphatic rings. The van der Waals surface area contributed by atoms with E-state index in [2.05, 4.69) is 0 Å². The normalized spacial score (nSPS) is 9.33. The van der Waals surface area contributed by atoms with Crippen LogP contribution in [0.25, 0.3) is 0 Å². The van der Waals surface area contributed by atoms with Crippen LogP contribution in [0.5, 0.6) is 5.75 Å². The average Bonchev–Trinajstić information content (AvgIpc) is 2.48. The summed E-state index contributed by atoms with van der Waals surface area (Å²) < 4.78 is 17.4. The molecule has 0 spiro atoms. The molecule has 0 atom stereocenters. The van der Waals surface area contributed by atoms with Gasteiger partial charge in [-0.2, -0.15) is 0 Å². The third-order valence-electron chi connectivity index (χ3n) is 2.47. The first kappa shape index (κ1) is 17.1. The molecule has 0 saturated heterocycles. The lowest BCUT2D eigenvalue weighted by molar-refractivity contribution is 0.111. The highest BCUT2D eigenvalue weighted by Crippen LogP contribution is 2.23. The van der Waals surface area contributed by atoms with Crippen LogP contribution in [0, 0.1) is 5.82 Å². The van der Waals surface area contributed by atoms with Crippen LogP contribution in [0.1, 0.15) is 20.7 Å². The molecular formula is C15H11Cl2FO3. The van der Waals surface area contributed by atoms with Crippen molar-refractivity contribution in [3.05, 3.63) is 63.4 Å². The second-order valence-corrected chi connectivity index (χ2v) is 4.54. The van der Waals surface area contributed by atoms with Crippen molar-refractivity contribution in [2.75, 3.05) is 7.11 Å². The van der Waals surface area contributed by atoms with E-state index in [0.29, 0.717) is 28.9 Å². The van der Waals surface area contributed by atoms with Crippen molar-refractivity contribution in [3.8, 4) is 5.75 Å². The second kappa shape index (κ2) is 8.39. The molecule has 2 rings (SSSR count). The Morgan fingerprint density at radius 3 is 1.86 bits per heavy atom. The molecule has 0 radical (unpaired) electrons. The fourth-order valence-corrected chi connectivity index (χ4v) is 1.85. The molecular weight excluding hydrogens is 318 g/mol. The molecule has 0 fully saturated rings. The predicted octanol–water partition coefficient (Wildman–Crippen LogP) is 4.45. The van der Waals surface area contributed by atoms with Gasteiger partial charge in [0.05, 0.1) is 28.3 Å². The lowest BCUT2D eigenvalue weighted by Crippen LogP contribution is -1.90. The first-order valence-electron chi connectivity index (χ1n) is 5.72. The SMILES string of the molecule is COc1cccc(Cl)c1C=O.O=Cc1c(F)cccc1Cl. The van der Waals surface area contributed by atoms with Crippen molar-refractivity contribution in [3.63, 3.8) is 0 Å². The summed E-state index contributed by atoms with van der Waals surface area (Å²) in [7, 11) is 1.50. The Hall–Kier alpha value is -1.91. The minimum Gasteiger partial charge on any atom is -0.496 e. The van der Waals surface area contributed by atoms with Gasteiger partial charge in [-0.25, -0.2) is 4.39 Å². The summed E-state index contributed by atoms with van der Waals surface area (Å²) in [6, 6.07) is 9.17. The number of rotatable bonds is 3. The number of benzene rings is 2. The molecule has 2 aromatic carbocycles. The minimum atomic E-state index is -0.581. The van der Waals surface area contributed by atoms with Crippen LogP contribution in [0.2, 0.25) is 10.0 Å². The molecule has 3 nitrogen and oxygen atoms in total. The van der Waals surface area contributed by atoms with Crippen molar-refractivity contribution in [1.29, 1.82) is 0 Å². The molecule has 0 aliphatic carbocycles. The van der Waals surface area contributed by atoms with E-state index in [1.165, 1.54) is 25.3 Å². The Morgan fingerprint density at radius 1 is 0.952 bits per heavy atom. The molecule has 110 valence electrons. The Morgan fingerprint density at radius 2 is 1.48 bits per heavy atom. The Kier molecular flexibility index (Phi) is 6.85. The first-order chi connectivity index (χ1) is 10.0. The number of carbonyl (C=O) groups is 2. The van der Waals surface area contributed by atoms with E-state index < -0.39 is 5.82 Å². The van der Waals surface area contributed by atoms with E-state index >= 15 is 0 Å². The summed E-state index contributed by atoms with van der Waals surface area (Å²) in [5, 5.41) is 0.564. The van der Waals surface area contributed by atoms with E-state index in [0.717, 1.165) is 0 Å². The van der Waals surface area contributed by atoms with Gasteiger partial charge < -0.3 is 4.74 Å². The number of hydrogen-bond acceptors (Lipinski definition) is 3. The molecule has 0 saturated carbocycles. The standard InChI is InChI=1S/C8H7ClO2.C7H4ClFO/c1-11-8-4-2-3-7(9)6(8)5-10;8-6-2-1-3-7(9)5(6)4-10/h2-5H,1H3;1-4H. The average molecular weight is 329 g/mol. The minimum absolute atomic E-state index is 0.0795. The van der Waals surface area contributed by atoms with Crippen LogP contribution < -0.4 is 4.74 Å². The van der Waals surface area contributed by atoms with Crippen molar-refractivity contribution in [2.24, 2.45) is 0 Å². The smallest absolute Gasteiger partial charge is 0.155 e. The Balaban J connectivity index is 0.000000211. The number of methoxy groups -OCH3 is 1. The van der Waals surface area contributed by atoms with Gasteiger partial charge >= 0.3 is 0 Å². The van der Waals surface area contributed by atoms with Crippen LogP contribution in [-0.4, -0.2) is 19.7 Å². The maximum Gasteiger partial charge on any atom is 0.155 e. The van der Waals surface area contributed by atoms with Crippen LogP contribution in [-0.2, 0) is 0 Å². The van der Waals surface area contributed by atoms with Crippen molar-refractivity contribution < 1.29 is 18.7 Å². The number of carbonyl (C=O) groups excluding carboxylic acids is 2. The van der Waals surface area contributed by atoms with E-state index in [1.807, 2.05) is 0 Å². The number of aldehydes is 2. The third-order valence-corrected chi connectivity index (χ3v) is 3.13. The highest BCUT2D eigenvalue weighted by Gasteiger charge is 2.04. The highest BCUT2D eigenvalue weighted by atomic mass is 35.5. The zero-order chi connectivity index (χ0) is 15.8. The summed E-state index contributed by atoms with van der Waals surface area (Å²) >= 11 is 11.2. The third kappa shape index (κ3) is 4.55. The van der Waals surface area contributed by atoms with Crippen LogP contribution in [0.3, 0.4) is 0 Å². The zero-order valence-corrected chi connectivity index (χ0v) is 12.5. The Labute approximate surface area is 131 Å². The molecule has 0 amide bonds. The maximum atomic E-state index is 12.5. The molecule has 0 bridgehead atoms. The molecule has 6 heteroatoms. The molecule has 0 unspecified atom stereocenters. The lowest BCUT2D eigenvalue weighted by atomic mass is 10.2. The number of hydrogen-bond donors (Lipinski definition) is 0. The predicted molar refractivity (Wildman–Crippen MR) is 80.2 cm³/mol. The van der Waals surface area contributed by atoms with Gasteiger partial charge in [0, 0.05) is 0 Å². The molecule has 0 aliphatic heterocycles. The van der Waals surface area contributed by atoms with Crippen molar-refractivity contribution in [1.82, 2.24) is 0 Å². The lowest BCUT2D eigenvalue weighted by Gasteiger charge is -2.02. The second-order valence-electron chi connectivity index (χ2n) is 3.73. The fourth-order valence-electron chi connectivity index (χ4n) is 1.43. The van der Waals surface area contributed by atoms with Gasteiger partial charge in [0.2, 0.25) is 0 Å². The van der Waals surface area contributed by atoms with Gasteiger partial charge in [-0.05, 0) is 24.3 Å². The number of ether oxygens (including phenoxy) is 1. The van der Waals surface area contributed by atoms with Crippen molar-refractivity contribution >= 4 is 35.8 Å². The largest absolute Gasteiger partial charge is 0.496 e. The molecule has 21 heavy (non-hydrogen) atoms. The van der Waals surface area contributed by atoms with E-state index in [1.54, 1.807) is 18.2 Å². The first-order valence-corrected chi connectivity index (χ1v) is 6.47. The quantitative estimate of drug-likeness (QED) is 0.781. The Bertz CT molecular complexity index is 625. The zero-order valence-electron chi connectivity index (χ0n) is 11.0. The van der Waals surface area contributed by atoms with Gasteiger partial charge in [0.15, 0.2) is 12.6 Å². The molecule has 0 heterocycles. The van der Waals surface area contributed by atoms with Gasteiger partial charge in [0.1, 0.15) is 11.6 Å². The van der Waals surface area contributed by atoms with Gasteiger partial charge in [0.25, 0.3) is 0 Å². The van der Waals surface area contributed by atoms with Crippen LogP contribution >= 0.6 is 23.2 Å². The highest BCUT2D eigenvalue weighted by molar-refractivity contribution is 6.33. The molecule has 2 aromatic rings. The van der Waals surface area contributed by atoms with Crippen molar-refractivity contribution in [2.45, 2.75) is 0 Å². The summed E-state index contributed by atoms with van der Waals surface area (Å²) in [5.74, 6) is -0.0741. The maximum absolute atomic E-state index is 12.5.